The van der Waals surface area contributed by atoms with Crippen LogP contribution in [0.4, 0.5) is 5.82 Å². The van der Waals surface area contributed by atoms with Gasteiger partial charge in [-0.15, -0.1) is 0 Å². The highest BCUT2D eigenvalue weighted by atomic mass is 15.3. The normalized spacial score (nSPS) is 16.7. The van der Waals surface area contributed by atoms with Crippen molar-refractivity contribution >= 4 is 11.5 Å². The van der Waals surface area contributed by atoms with Crippen LogP contribution in [0.5, 0.6) is 0 Å². The third-order valence-corrected chi connectivity index (χ3v) is 5.34. The average Bonchev–Trinajstić information content (AvgIpc) is 3.17. The van der Waals surface area contributed by atoms with Crippen LogP contribution in [0, 0.1) is 5.92 Å². The molecule has 0 bridgehead atoms. The predicted molar refractivity (Wildman–Crippen MR) is 105 cm³/mol. The van der Waals surface area contributed by atoms with Crippen LogP contribution >= 0.6 is 0 Å². The second-order valence-corrected chi connectivity index (χ2v) is 7.24. The van der Waals surface area contributed by atoms with E-state index >= 15 is 0 Å². The zero-order valence-corrected chi connectivity index (χ0v) is 15.4. The van der Waals surface area contributed by atoms with Gasteiger partial charge in [0.1, 0.15) is 5.82 Å². The highest BCUT2D eigenvalue weighted by molar-refractivity contribution is 5.50. The van der Waals surface area contributed by atoms with E-state index in [-0.39, 0.29) is 6.04 Å². The zero-order valence-electron chi connectivity index (χ0n) is 15.4. The first-order chi connectivity index (χ1) is 12.8. The largest absolute Gasteiger partial charge is 0.363 e. The Morgan fingerprint density at radius 2 is 2.00 bits per heavy atom. The van der Waals surface area contributed by atoms with Gasteiger partial charge in [0.25, 0.3) is 0 Å². The quantitative estimate of drug-likeness (QED) is 0.710. The summed E-state index contributed by atoms with van der Waals surface area (Å²) in [6.07, 6.45) is 6.63. The van der Waals surface area contributed by atoms with Crippen molar-refractivity contribution < 1.29 is 0 Å². The van der Waals surface area contributed by atoms with Crippen molar-refractivity contribution in [3.8, 4) is 0 Å². The van der Waals surface area contributed by atoms with E-state index in [1.165, 1.54) is 24.8 Å². The molecule has 4 rings (SSSR count). The topological polar surface area (TPSA) is 54.2 Å². The number of rotatable bonds is 6. The minimum absolute atomic E-state index is 0.211. The fourth-order valence-corrected chi connectivity index (χ4v) is 3.77. The number of hydrogen-bond donors (Lipinski definition) is 2. The number of piperidine rings is 1. The predicted octanol–water partition coefficient (Wildman–Crippen LogP) is 3.83. The van der Waals surface area contributed by atoms with Crippen LogP contribution < -0.4 is 10.6 Å². The number of nitrogens with zero attached hydrogens (tertiary/aromatic N) is 3. The maximum atomic E-state index is 4.81. The van der Waals surface area contributed by atoms with Gasteiger partial charge in [-0.3, -0.25) is 0 Å². The van der Waals surface area contributed by atoms with Gasteiger partial charge >= 0.3 is 0 Å². The van der Waals surface area contributed by atoms with Gasteiger partial charge in [0.15, 0.2) is 5.65 Å². The Morgan fingerprint density at radius 1 is 1.19 bits per heavy atom. The summed E-state index contributed by atoms with van der Waals surface area (Å²) >= 11 is 0. The maximum absolute atomic E-state index is 4.81. The van der Waals surface area contributed by atoms with Gasteiger partial charge in [-0.25, -0.2) is 4.98 Å². The number of hydrogen-bond acceptors (Lipinski definition) is 4. The molecule has 1 unspecified atom stereocenters. The summed E-state index contributed by atoms with van der Waals surface area (Å²) in [6.45, 7) is 4.49. The number of nitrogens with one attached hydrogen (secondary N) is 2. The monoisotopic (exact) mass is 349 g/mol. The molecule has 5 heteroatoms. The minimum Gasteiger partial charge on any atom is -0.363 e. The first-order valence-electron chi connectivity index (χ1n) is 9.65. The second kappa shape index (κ2) is 7.87. The Balaban J connectivity index is 1.52. The summed E-state index contributed by atoms with van der Waals surface area (Å²) in [6, 6.07) is 14.9. The highest BCUT2D eigenvalue weighted by Crippen LogP contribution is 2.23. The lowest BCUT2D eigenvalue weighted by Crippen LogP contribution is -2.28. The van der Waals surface area contributed by atoms with Crippen LogP contribution in [0.2, 0.25) is 0 Å². The number of fused-ring (bicyclic) bond motifs is 1. The summed E-state index contributed by atoms with van der Waals surface area (Å²) < 4.78 is 1.90. The number of benzene rings is 1. The van der Waals surface area contributed by atoms with Crippen molar-refractivity contribution in [1.29, 1.82) is 0 Å². The van der Waals surface area contributed by atoms with E-state index in [1.807, 2.05) is 22.8 Å². The molecule has 0 saturated carbocycles. The molecule has 2 N–H and O–H groups in total. The van der Waals surface area contributed by atoms with Crippen LogP contribution in [0.1, 0.15) is 43.5 Å². The van der Waals surface area contributed by atoms with Crippen LogP contribution in [0.15, 0.2) is 48.7 Å². The zero-order chi connectivity index (χ0) is 17.8. The summed E-state index contributed by atoms with van der Waals surface area (Å²) in [5.74, 6) is 1.83. The van der Waals surface area contributed by atoms with Crippen molar-refractivity contribution in [3.05, 3.63) is 59.9 Å². The average molecular weight is 349 g/mol. The van der Waals surface area contributed by atoms with E-state index in [1.54, 1.807) is 0 Å². The molecule has 3 aromatic rings. The fraction of sp³-hybridized carbons (Fsp3) is 0.429. The SMILES string of the molecule is CC(Nc1cc(CCC2CCNCC2)nc2ccnn12)c1ccccc1. The molecule has 1 fully saturated rings. The highest BCUT2D eigenvalue weighted by Gasteiger charge is 2.15. The van der Waals surface area contributed by atoms with E-state index in [4.69, 9.17) is 4.98 Å². The van der Waals surface area contributed by atoms with Crippen LogP contribution in [-0.4, -0.2) is 27.7 Å². The number of anilines is 1. The molecule has 1 atom stereocenters. The molecule has 3 heterocycles. The molecule has 2 aromatic heterocycles. The van der Waals surface area contributed by atoms with Crippen molar-refractivity contribution in [2.45, 2.75) is 38.6 Å². The molecule has 0 spiro atoms. The molecule has 1 aromatic carbocycles. The maximum Gasteiger partial charge on any atom is 0.157 e. The molecule has 136 valence electrons. The van der Waals surface area contributed by atoms with Gasteiger partial charge < -0.3 is 10.6 Å². The van der Waals surface area contributed by atoms with Crippen LogP contribution in [0.25, 0.3) is 5.65 Å². The summed E-state index contributed by atoms with van der Waals surface area (Å²) in [5.41, 5.74) is 3.33. The molecule has 0 radical (unpaired) electrons. The summed E-state index contributed by atoms with van der Waals surface area (Å²) in [4.78, 5) is 4.81. The van der Waals surface area contributed by atoms with Crippen LogP contribution in [0.3, 0.4) is 0 Å². The van der Waals surface area contributed by atoms with Gasteiger partial charge in [-0.1, -0.05) is 30.3 Å². The molecule has 1 aliphatic heterocycles. The Labute approximate surface area is 154 Å². The Morgan fingerprint density at radius 3 is 2.81 bits per heavy atom. The third kappa shape index (κ3) is 3.88. The van der Waals surface area contributed by atoms with E-state index in [2.05, 4.69) is 53.0 Å². The third-order valence-electron chi connectivity index (χ3n) is 5.34. The molecule has 5 nitrogen and oxygen atoms in total. The van der Waals surface area contributed by atoms with Gasteiger partial charge in [-0.05, 0) is 57.2 Å². The van der Waals surface area contributed by atoms with Gasteiger partial charge in [0.2, 0.25) is 0 Å². The van der Waals surface area contributed by atoms with Crippen LogP contribution in [-0.2, 0) is 6.42 Å². The minimum atomic E-state index is 0.211. The van der Waals surface area contributed by atoms with Gasteiger partial charge in [0, 0.05) is 23.9 Å². The Hall–Kier alpha value is -2.40. The van der Waals surface area contributed by atoms with Gasteiger partial charge in [-0.2, -0.15) is 9.61 Å². The van der Waals surface area contributed by atoms with Gasteiger partial charge in [0.05, 0.1) is 6.20 Å². The number of aromatic nitrogens is 3. The Kier molecular flexibility index (Phi) is 5.16. The molecule has 1 saturated heterocycles. The Bertz CT molecular complexity index is 836. The smallest absolute Gasteiger partial charge is 0.157 e. The standard InChI is InChI=1S/C21H27N5/c1-16(18-5-3-2-4-6-18)24-21-15-19(25-20-11-14-23-26(20)21)8-7-17-9-12-22-13-10-17/h2-6,11,14-17,22,24H,7-10,12-13H2,1H3. The second-order valence-electron chi connectivity index (χ2n) is 7.24. The molecule has 0 amide bonds. The lowest BCUT2D eigenvalue weighted by atomic mass is 9.92. The van der Waals surface area contributed by atoms with E-state index in [9.17, 15) is 0 Å². The van der Waals surface area contributed by atoms with Crippen molar-refractivity contribution in [2.24, 2.45) is 5.92 Å². The van der Waals surface area contributed by atoms with Crippen molar-refractivity contribution in [1.82, 2.24) is 19.9 Å². The van der Waals surface area contributed by atoms with E-state index < -0.39 is 0 Å². The lowest BCUT2D eigenvalue weighted by Gasteiger charge is -2.22. The molecule has 1 aliphatic rings. The molecule has 26 heavy (non-hydrogen) atoms. The number of aryl methyl sites for hydroxylation is 1. The molecule has 0 aliphatic carbocycles. The summed E-state index contributed by atoms with van der Waals surface area (Å²) in [5, 5.41) is 11.5. The van der Waals surface area contributed by atoms with E-state index in [0.29, 0.717) is 0 Å². The van der Waals surface area contributed by atoms with E-state index in [0.717, 1.165) is 42.6 Å². The summed E-state index contributed by atoms with van der Waals surface area (Å²) in [7, 11) is 0. The molecular weight excluding hydrogens is 322 g/mol. The fourth-order valence-electron chi connectivity index (χ4n) is 3.77. The van der Waals surface area contributed by atoms with Crippen molar-refractivity contribution in [2.75, 3.05) is 18.4 Å². The molecular formula is C21H27N5. The first kappa shape index (κ1) is 17.0. The lowest BCUT2D eigenvalue weighted by molar-refractivity contribution is 0.353. The van der Waals surface area contributed by atoms with Crippen molar-refractivity contribution in [3.63, 3.8) is 0 Å². The first-order valence-corrected chi connectivity index (χ1v) is 9.65.